The number of H-pyrrole nitrogens is 1. The largest absolute Gasteiger partial charge is 0.497 e. The first-order chi connectivity index (χ1) is 14.7. The molecule has 4 rings (SSSR count). The number of rotatable bonds is 5. The zero-order chi connectivity index (χ0) is 22.4. The molecule has 1 aromatic carbocycles. The Morgan fingerprint density at radius 2 is 2.00 bits per heavy atom. The Morgan fingerprint density at radius 3 is 2.58 bits per heavy atom. The van der Waals surface area contributed by atoms with E-state index in [1.807, 2.05) is 18.2 Å². The molecular weight excluding hydrogens is 422 g/mol. The molecule has 1 amide bonds. The molecule has 170 valence electrons. The number of sulfonamides is 1. The number of aromatic amines is 1. The molecule has 0 radical (unpaired) electrons. The first-order valence-corrected chi connectivity index (χ1v) is 12.1. The molecule has 9 nitrogen and oxygen atoms in total. The molecule has 3 heterocycles. The lowest BCUT2D eigenvalue weighted by Gasteiger charge is -2.49. The summed E-state index contributed by atoms with van der Waals surface area (Å²) in [5.74, 6) is 0.630. The summed E-state index contributed by atoms with van der Waals surface area (Å²) in [7, 11) is -0.472. The van der Waals surface area contributed by atoms with Crippen molar-refractivity contribution in [1.29, 1.82) is 0 Å². The molecular formula is C21H29N3O6S. The minimum absolute atomic E-state index is 0.0349. The van der Waals surface area contributed by atoms with Gasteiger partial charge in [0.05, 0.1) is 26.0 Å². The third kappa shape index (κ3) is 3.71. The van der Waals surface area contributed by atoms with Gasteiger partial charge in [-0.25, -0.2) is 8.42 Å². The SMILES string of the molecule is COCC(=O)N1CCC2(CC1)CN(S(C)(=O)=O)[C@@H](CO)c1[nH]c3cc(OC)ccc3c12. The Labute approximate surface area is 182 Å². The van der Waals surface area contributed by atoms with Crippen molar-refractivity contribution in [3.63, 3.8) is 0 Å². The number of nitrogens with one attached hydrogen (secondary N) is 1. The average Bonchev–Trinajstić information content (AvgIpc) is 3.13. The van der Waals surface area contributed by atoms with E-state index in [0.29, 0.717) is 31.7 Å². The van der Waals surface area contributed by atoms with Crippen molar-refractivity contribution >= 4 is 26.8 Å². The van der Waals surface area contributed by atoms with Gasteiger partial charge in [-0.2, -0.15) is 4.31 Å². The van der Waals surface area contributed by atoms with Crippen LogP contribution in [0.1, 0.15) is 30.1 Å². The van der Waals surface area contributed by atoms with Gasteiger partial charge in [-0.05, 0) is 30.5 Å². The molecule has 0 saturated carbocycles. The van der Waals surface area contributed by atoms with Crippen LogP contribution in [0.3, 0.4) is 0 Å². The second-order valence-electron chi connectivity index (χ2n) is 8.43. The van der Waals surface area contributed by atoms with Crippen LogP contribution in [0.4, 0.5) is 0 Å². The fourth-order valence-corrected chi connectivity index (χ4v) is 6.23. The summed E-state index contributed by atoms with van der Waals surface area (Å²) >= 11 is 0. The highest BCUT2D eigenvalue weighted by atomic mass is 32.2. The van der Waals surface area contributed by atoms with Gasteiger partial charge >= 0.3 is 0 Å². The number of amides is 1. The Balaban J connectivity index is 1.84. The number of ether oxygens (including phenoxy) is 2. The van der Waals surface area contributed by atoms with Crippen molar-refractivity contribution in [1.82, 2.24) is 14.2 Å². The molecule has 31 heavy (non-hydrogen) atoms. The van der Waals surface area contributed by atoms with E-state index in [0.717, 1.165) is 22.2 Å². The van der Waals surface area contributed by atoms with Crippen molar-refractivity contribution in [2.24, 2.45) is 0 Å². The number of nitrogens with zero attached hydrogens (tertiary/aromatic N) is 2. The highest BCUT2D eigenvalue weighted by Crippen LogP contribution is 2.49. The Hall–Kier alpha value is -2.14. The first kappa shape index (κ1) is 22.1. The van der Waals surface area contributed by atoms with Crippen LogP contribution >= 0.6 is 0 Å². The third-order valence-electron chi connectivity index (χ3n) is 6.64. The van der Waals surface area contributed by atoms with E-state index in [-0.39, 0.29) is 25.7 Å². The number of carbonyl (C=O) groups excluding carboxylic acids is 1. The van der Waals surface area contributed by atoms with Crippen molar-refractivity contribution in [3.05, 3.63) is 29.5 Å². The summed E-state index contributed by atoms with van der Waals surface area (Å²) in [6.45, 7) is 1.03. The molecule has 2 aliphatic heterocycles. The molecule has 0 unspecified atom stereocenters. The number of piperidine rings is 1. The summed E-state index contributed by atoms with van der Waals surface area (Å²) in [4.78, 5) is 17.5. The van der Waals surface area contributed by atoms with E-state index in [9.17, 15) is 18.3 Å². The molecule has 1 spiro atoms. The second kappa shape index (κ2) is 8.09. The van der Waals surface area contributed by atoms with E-state index in [1.165, 1.54) is 17.7 Å². The van der Waals surface area contributed by atoms with Crippen molar-refractivity contribution < 1.29 is 27.8 Å². The monoisotopic (exact) mass is 451 g/mol. The van der Waals surface area contributed by atoms with E-state index < -0.39 is 21.5 Å². The van der Waals surface area contributed by atoms with Gasteiger partial charge in [-0.3, -0.25) is 4.79 Å². The highest BCUT2D eigenvalue weighted by molar-refractivity contribution is 7.88. The Morgan fingerprint density at radius 1 is 1.29 bits per heavy atom. The summed E-state index contributed by atoms with van der Waals surface area (Å²) < 4.78 is 37.1. The maximum atomic E-state index is 12.7. The minimum Gasteiger partial charge on any atom is -0.497 e. The molecule has 2 aliphatic rings. The van der Waals surface area contributed by atoms with E-state index in [2.05, 4.69) is 4.98 Å². The van der Waals surface area contributed by atoms with E-state index in [4.69, 9.17) is 9.47 Å². The standard InChI is InChI=1S/C21H29N3O6S/c1-29-12-18(26)23-8-6-21(7-9-23)13-24(31(3,27)28)17(11-25)20-19(21)15-5-4-14(30-2)10-16(15)22-20/h4-5,10,17,22,25H,6-9,11-13H2,1-3H3/t17-/m0/s1. The van der Waals surface area contributed by atoms with Gasteiger partial charge in [0.25, 0.3) is 0 Å². The van der Waals surface area contributed by atoms with Gasteiger partial charge in [-0.15, -0.1) is 0 Å². The fraction of sp³-hybridized carbons (Fsp3) is 0.571. The number of benzene rings is 1. The molecule has 10 heteroatoms. The first-order valence-electron chi connectivity index (χ1n) is 10.3. The zero-order valence-electron chi connectivity index (χ0n) is 18.1. The van der Waals surface area contributed by atoms with E-state index in [1.54, 1.807) is 12.0 Å². The van der Waals surface area contributed by atoms with Gasteiger partial charge in [0.1, 0.15) is 12.4 Å². The molecule has 0 aliphatic carbocycles. The van der Waals surface area contributed by atoms with Crippen LogP contribution < -0.4 is 4.74 Å². The molecule has 1 atom stereocenters. The van der Waals surface area contributed by atoms with Crippen LogP contribution in [-0.4, -0.2) is 86.9 Å². The summed E-state index contributed by atoms with van der Waals surface area (Å²) in [6, 6.07) is 5.08. The highest BCUT2D eigenvalue weighted by Gasteiger charge is 2.50. The smallest absolute Gasteiger partial charge is 0.248 e. The van der Waals surface area contributed by atoms with Gasteiger partial charge < -0.3 is 24.5 Å². The number of likely N-dealkylation sites (tertiary alicyclic amines) is 1. The number of hydrogen-bond donors (Lipinski definition) is 2. The second-order valence-corrected chi connectivity index (χ2v) is 10.4. The van der Waals surface area contributed by atoms with Crippen molar-refractivity contribution in [2.45, 2.75) is 24.3 Å². The van der Waals surface area contributed by atoms with Gasteiger partial charge in [0, 0.05) is 54.8 Å². The van der Waals surface area contributed by atoms with Gasteiger partial charge in [0.2, 0.25) is 15.9 Å². The lowest BCUT2D eigenvalue weighted by atomic mass is 9.69. The predicted octanol–water partition coefficient (Wildman–Crippen LogP) is 0.992. The number of aliphatic hydroxyl groups excluding tert-OH is 1. The van der Waals surface area contributed by atoms with Crippen LogP contribution in [0.15, 0.2) is 18.2 Å². The van der Waals surface area contributed by atoms with Gasteiger partial charge in [0.15, 0.2) is 0 Å². The summed E-state index contributed by atoms with van der Waals surface area (Å²) in [6.07, 6.45) is 2.43. The maximum absolute atomic E-state index is 12.7. The van der Waals surface area contributed by atoms with Crippen molar-refractivity contribution in [2.75, 3.05) is 53.3 Å². The fourth-order valence-electron chi connectivity index (χ4n) is 5.12. The predicted molar refractivity (Wildman–Crippen MR) is 116 cm³/mol. The Kier molecular flexibility index (Phi) is 5.76. The maximum Gasteiger partial charge on any atom is 0.248 e. The molecule has 0 bridgehead atoms. The van der Waals surface area contributed by atoms with Crippen LogP contribution in [0, 0.1) is 0 Å². The lowest BCUT2D eigenvalue weighted by molar-refractivity contribution is -0.136. The summed E-state index contributed by atoms with van der Waals surface area (Å²) in [5, 5.41) is 11.1. The zero-order valence-corrected chi connectivity index (χ0v) is 18.9. The van der Waals surface area contributed by atoms with Crippen molar-refractivity contribution in [3.8, 4) is 5.75 Å². The van der Waals surface area contributed by atoms with Crippen LogP contribution in [-0.2, 0) is 25.0 Å². The molecule has 2 aromatic rings. The summed E-state index contributed by atoms with van der Waals surface area (Å²) in [5.41, 5.74) is 2.15. The average molecular weight is 452 g/mol. The molecule has 1 aromatic heterocycles. The molecule has 1 fully saturated rings. The molecule has 1 saturated heterocycles. The lowest BCUT2D eigenvalue weighted by Crippen LogP contribution is -2.55. The topological polar surface area (TPSA) is 112 Å². The molecule has 2 N–H and O–H groups in total. The number of methoxy groups -OCH3 is 2. The minimum atomic E-state index is -3.57. The van der Waals surface area contributed by atoms with E-state index >= 15 is 0 Å². The number of fused-ring (bicyclic) bond motifs is 4. The normalized spacial score (nSPS) is 21.4. The number of aromatic nitrogens is 1. The number of aliphatic hydroxyl groups is 1. The van der Waals surface area contributed by atoms with Crippen LogP contribution in [0.25, 0.3) is 10.9 Å². The number of hydrogen-bond acceptors (Lipinski definition) is 6. The van der Waals surface area contributed by atoms with Crippen LogP contribution in [0.2, 0.25) is 0 Å². The quantitative estimate of drug-likeness (QED) is 0.701. The van der Waals surface area contributed by atoms with Crippen LogP contribution in [0.5, 0.6) is 5.75 Å². The third-order valence-corrected chi connectivity index (χ3v) is 7.88. The Bertz CT molecular complexity index is 1090. The number of carbonyl (C=O) groups is 1. The van der Waals surface area contributed by atoms with Gasteiger partial charge in [-0.1, -0.05) is 0 Å².